The fourth-order valence-electron chi connectivity index (χ4n) is 0. The van der Waals surface area contributed by atoms with Crippen LogP contribution in [-0.4, -0.2) is 12.1 Å². The summed E-state index contributed by atoms with van der Waals surface area (Å²) >= 11 is 0. The molecule has 0 amide bonds. The molecule has 0 bridgehead atoms. The normalized spacial score (nSPS) is 14.1. The van der Waals surface area contributed by atoms with Crippen LogP contribution in [0.15, 0.2) is 0 Å². The van der Waals surface area contributed by atoms with Gasteiger partial charge in [-0.15, -0.1) is 0 Å². The molecule has 0 aromatic carbocycles. The molecule has 0 unspecified atom stereocenters. The van der Waals surface area contributed by atoms with Gasteiger partial charge in [-0.2, -0.15) is 0 Å². The van der Waals surface area contributed by atoms with Crippen LogP contribution in [0, 0.1) is 11.8 Å². The van der Waals surface area contributed by atoms with Crippen molar-refractivity contribution in [2.75, 3.05) is 0 Å². The van der Waals surface area contributed by atoms with Crippen molar-refractivity contribution >= 4 is 0 Å². The van der Waals surface area contributed by atoms with E-state index in [4.69, 9.17) is 0 Å². The highest BCUT2D eigenvalue weighted by molar-refractivity contribution is 4.60. The molecule has 3 heteroatoms. The van der Waals surface area contributed by atoms with Gasteiger partial charge in [0.15, 0.2) is 0 Å². The Hall–Kier alpha value is -0.210. The summed E-state index contributed by atoms with van der Waals surface area (Å²) in [6.45, 7) is 9.23. The molecular formula is C10H21F3. The molecule has 0 aromatic rings. The Balaban J connectivity index is 0. The van der Waals surface area contributed by atoms with Crippen molar-refractivity contribution in [2.45, 2.75) is 53.6 Å². The average Bonchev–Trinajstić information content (AvgIpc) is 1.86. The third-order valence-electron chi connectivity index (χ3n) is 1.93. The van der Waals surface area contributed by atoms with Crippen LogP contribution in [0.4, 0.5) is 13.2 Å². The summed E-state index contributed by atoms with van der Waals surface area (Å²) in [5, 5.41) is 0. The van der Waals surface area contributed by atoms with Gasteiger partial charge in [0.1, 0.15) is 0 Å². The first-order valence-corrected chi connectivity index (χ1v) is 4.60. The van der Waals surface area contributed by atoms with E-state index in [0.29, 0.717) is 0 Å². The zero-order valence-electron chi connectivity index (χ0n) is 9.37. The fourth-order valence-corrected chi connectivity index (χ4v) is 0. The molecule has 1 atom stereocenters. The highest BCUT2D eigenvalue weighted by Gasteiger charge is 2.25. The molecule has 0 radical (unpaired) electrons. The first-order chi connectivity index (χ1) is 5.59. The van der Waals surface area contributed by atoms with E-state index in [1.807, 2.05) is 13.8 Å². The van der Waals surface area contributed by atoms with Crippen LogP contribution in [0.1, 0.15) is 41.5 Å². The van der Waals surface area contributed by atoms with Crippen molar-refractivity contribution in [1.82, 2.24) is 0 Å². The Labute approximate surface area is 79.5 Å². The second kappa shape index (κ2) is 6.28. The molecular weight excluding hydrogens is 177 g/mol. The second-order valence-corrected chi connectivity index (χ2v) is 4.03. The SMILES string of the molecule is CC(C)C(C)(F)F.CC(C)[C@H](C)F. The van der Waals surface area contributed by atoms with Gasteiger partial charge < -0.3 is 0 Å². The second-order valence-electron chi connectivity index (χ2n) is 4.03. The van der Waals surface area contributed by atoms with Gasteiger partial charge in [-0.05, 0) is 19.8 Å². The highest BCUT2D eigenvalue weighted by atomic mass is 19.3. The van der Waals surface area contributed by atoms with Gasteiger partial charge in [-0.3, -0.25) is 0 Å². The maximum Gasteiger partial charge on any atom is 0.247 e. The molecule has 0 aliphatic rings. The molecule has 82 valence electrons. The minimum absolute atomic E-state index is 0.185. The van der Waals surface area contributed by atoms with Crippen LogP contribution in [0.2, 0.25) is 0 Å². The van der Waals surface area contributed by atoms with Gasteiger partial charge in [0.2, 0.25) is 5.92 Å². The fraction of sp³-hybridized carbons (Fsp3) is 1.00. The predicted molar refractivity (Wildman–Crippen MR) is 50.9 cm³/mol. The maximum atomic E-state index is 11.8. The molecule has 0 spiro atoms. The van der Waals surface area contributed by atoms with E-state index in [1.54, 1.807) is 6.92 Å². The Morgan fingerprint density at radius 3 is 1.08 bits per heavy atom. The molecule has 0 heterocycles. The standard InChI is InChI=1S/C5H10F2.C5H11F/c1-4(2)5(3,6)7;1-4(2)5(3)6/h4H,1-3H3;4-5H,1-3H3/t;5-/m.0/s1. The molecule has 0 nitrogen and oxygen atoms in total. The Kier molecular flexibility index (Phi) is 7.37. The average molecular weight is 198 g/mol. The third-order valence-corrected chi connectivity index (χ3v) is 1.93. The van der Waals surface area contributed by atoms with Crippen molar-refractivity contribution in [3.05, 3.63) is 0 Å². The Morgan fingerprint density at radius 1 is 0.923 bits per heavy atom. The Morgan fingerprint density at radius 2 is 1.08 bits per heavy atom. The first kappa shape index (κ1) is 15.3. The molecule has 13 heavy (non-hydrogen) atoms. The van der Waals surface area contributed by atoms with Gasteiger partial charge in [0.25, 0.3) is 0 Å². The van der Waals surface area contributed by atoms with E-state index in [1.165, 1.54) is 13.8 Å². The molecule has 0 aromatic heterocycles. The summed E-state index contributed by atoms with van der Waals surface area (Å²) < 4.78 is 35.5. The minimum Gasteiger partial charge on any atom is -0.248 e. The quantitative estimate of drug-likeness (QED) is 0.620. The van der Waals surface area contributed by atoms with E-state index in [-0.39, 0.29) is 5.92 Å². The van der Waals surface area contributed by atoms with Gasteiger partial charge in [-0.1, -0.05) is 27.7 Å². The van der Waals surface area contributed by atoms with Crippen molar-refractivity contribution < 1.29 is 13.2 Å². The monoisotopic (exact) mass is 198 g/mol. The number of hydrogen-bond acceptors (Lipinski definition) is 0. The number of halogens is 3. The first-order valence-electron chi connectivity index (χ1n) is 4.60. The molecule has 0 aliphatic heterocycles. The summed E-state index contributed by atoms with van der Waals surface area (Å²) in [7, 11) is 0. The molecule has 0 saturated heterocycles. The summed E-state index contributed by atoms with van der Waals surface area (Å²) in [6, 6.07) is 0. The zero-order valence-corrected chi connectivity index (χ0v) is 9.37. The van der Waals surface area contributed by atoms with Gasteiger partial charge in [-0.25, -0.2) is 13.2 Å². The summed E-state index contributed by atoms with van der Waals surface area (Å²) in [4.78, 5) is 0. The molecule has 0 rings (SSSR count). The summed E-state index contributed by atoms with van der Waals surface area (Å²) in [6.07, 6.45) is -0.648. The molecule has 0 saturated carbocycles. The van der Waals surface area contributed by atoms with Gasteiger partial charge in [0, 0.05) is 5.92 Å². The lowest BCUT2D eigenvalue weighted by molar-refractivity contribution is -0.0251. The smallest absolute Gasteiger partial charge is 0.247 e. The summed E-state index contributed by atoms with van der Waals surface area (Å²) in [5.41, 5.74) is 0. The Bertz CT molecular complexity index is 106. The van der Waals surface area contributed by atoms with Crippen LogP contribution >= 0.6 is 0 Å². The lowest BCUT2D eigenvalue weighted by Gasteiger charge is -2.12. The zero-order chi connectivity index (χ0) is 11.2. The number of hydrogen-bond donors (Lipinski definition) is 0. The van der Waals surface area contributed by atoms with E-state index in [9.17, 15) is 13.2 Å². The van der Waals surface area contributed by atoms with Crippen molar-refractivity contribution in [2.24, 2.45) is 11.8 Å². The van der Waals surface area contributed by atoms with Gasteiger partial charge >= 0.3 is 0 Å². The highest BCUT2D eigenvalue weighted by Crippen LogP contribution is 2.21. The molecule has 0 fully saturated rings. The molecule has 0 N–H and O–H groups in total. The lowest BCUT2D eigenvalue weighted by atomic mass is 10.1. The van der Waals surface area contributed by atoms with Crippen molar-refractivity contribution in [3.8, 4) is 0 Å². The van der Waals surface area contributed by atoms with Crippen molar-refractivity contribution in [1.29, 1.82) is 0 Å². The van der Waals surface area contributed by atoms with Crippen LogP contribution in [-0.2, 0) is 0 Å². The molecule has 0 aliphatic carbocycles. The maximum absolute atomic E-state index is 11.8. The van der Waals surface area contributed by atoms with Crippen LogP contribution < -0.4 is 0 Å². The van der Waals surface area contributed by atoms with E-state index >= 15 is 0 Å². The van der Waals surface area contributed by atoms with Crippen LogP contribution in [0.25, 0.3) is 0 Å². The van der Waals surface area contributed by atoms with E-state index < -0.39 is 18.0 Å². The van der Waals surface area contributed by atoms with Crippen LogP contribution in [0.5, 0.6) is 0 Å². The van der Waals surface area contributed by atoms with E-state index in [0.717, 1.165) is 6.92 Å². The summed E-state index contributed by atoms with van der Waals surface area (Å²) in [5.74, 6) is -2.85. The minimum atomic E-state index is -2.50. The van der Waals surface area contributed by atoms with Gasteiger partial charge in [0.05, 0.1) is 6.17 Å². The van der Waals surface area contributed by atoms with E-state index in [2.05, 4.69) is 0 Å². The topological polar surface area (TPSA) is 0 Å². The third kappa shape index (κ3) is 11.8. The van der Waals surface area contributed by atoms with Crippen molar-refractivity contribution in [3.63, 3.8) is 0 Å². The lowest BCUT2D eigenvalue weighted by Crippen LogP contribution is -2.17. The van der Waals surface area contributed by atoms with Crippen LogP contribution in [0.3, 0.4) is 0 Å². The number of rotatable bonds is 2. The largest absolute Gasteiger partial charge is 0.248 e. The number of alkyl halides is 3. The predicted octanol–water partition coefficient (Wildman–Crippen LogP) is 4.30.